The molecule has 6 nitrogen and oxygen atoms in total. The lowest BCUT2D eigenvalue weighted by molar-refractivity contribution is -0.146. The van der Waals surface area contributed by atoms with Gasteiger partial charge in [0.2, 0.25) is 0 Å². The largest absolute Gasteiger partial charge is 0.479 e. The Labute approximate surface area is 109 Å². The Morgan fingerprint density at radius 2 is 2.16 bits per heavy atom. The van der Waals surface area contributed by atoms with E-state index >= 15 is 0 Å². The fraction of sp³-hybridized carbons (Fsp3) is 0.333. The summed E-state index contributed by atoms with van der Waals surface area (Å²) in [6.07, 6.45) is -1.67. The molecule has 1 atom stereocenters. The van der Waals surface area contributed by atoms with Crippen LogP contribution in [0.3, 0.4) is 0 Å². The minimum atomic E-state index is -1.67. The summed E-state index contributed by atoms with van der Waals surface area (Å²) < 4.78 is 13.1. The van der Waals surface area contributed by atoms with Crippen molar-refractivity contribution in [3.05, 3.63) is 30.1 Å². The molecule has 19 heavy (non-hydrogen) atoms. The molecule has 3 N–H and O–H groups in total. The summed E-state index contributed by atoms with van der Waals surface area (Å²) in [5.74, 6) is -1.90. The van der Waals surface area contributed by atoms with Gasteiger partial charge in [-0.15, -0.1) is 0 Å². The number of amides is 2. The fourth-order valence-corrected chi connectivity index (χ4v) is 1.45. The molecule has 0 fully saturated rings. The fourth-order valence-electron chi connectivity index (χ4n) is 1.45. The first kappa shape index (κ1) is 14.9. The SMILES string of the molecule is CCN(C(=O)NCC(O)C(=O)O)c1cccc(F)c1. The zero-order valence-corrected chi connectivity index (χ0v) is 10.3. The number of carboxylic acid groups (broad SMARTS) is 1. The summed E-state index contributed by atoms with van der Waals surface area (Å²) in [6.45, 7) is 1.55. The number of rotatable bonds is 5. The topological polar surface area (TPSA) is 89.9 Å². The average Bonchev–Trinajstić information content (AvgIpc) is 2.36. The summed E-state index contributed by atoms with van der Waals surface area (Å²) in [5.41, 5.74) is 0.352. The van der Waals surface area contributed by atoms with Crippen LogP contribution in [0.1, 0.15) is 6.92 Å². The molecule has 0 radical (unpaired) electrons. The zero-order chi connectivity index (χ0) is 14.4. The molecule has 0 spiro atoms. The van der Waals surface area contributed by atoms with E-state index < -0.39 is 30.5 Å². The second kappa shape index (κ2) is 6.69. The van der Waals surface area contributed by atoms with E-state index in [0.29, 0.717) is 5.69 Å². The predicted molar refractivity (Wildman–Crippen MR) is 66.5 cm³/mol. The van der Waals surface area contributed by atoms with E-state index in [2.05, 4.69) is 5.32 Å². The number of hydrogen-bond acceptors (Lipinski definition) is 3. The van der Waals surface area contributed by atoms with Crippen molar-refractivity contribution in [2.45, 2.75) is 13.0 Å². The molecular formula is C12H15FN2O4. The first-order valence-corrected chi connectivity index (χ1v) is 5.67. The number of benzene rings is 1. The lowest BCUT2D eigenvalue weighted by Crippen LogP contribution is -2.44. The lowest BCUT2D eigenvalue weighted by atomic mass is 10.3. The minimum absolute atomic E-state index is 0.276. The molecule has 0 aliphatic rings. The van der Waals surface area contributed by atoms with Crippen LogP contribution in [0.25, 0.3) is 0 Å². The van der Waals surface area contributed by atoms with Crippen LogP contribution >= 0.6 is 0 Å². The Bertz CT molecular complexity index is 467. The van der Waals surface area contributed by atoms with Gasteiger partial charge >= 0.3 is 12.0 Å². The highest BCUT2D eigenvalue weighted by Gasteiger charge is 2.18. The van der Waals surface area contributed by atoms with Crippen LogP contribution in [0.2, 0.25) is 0 Å². The van der Waals surface area contributed by atoms with E-state index in [0.717, 1.165) is 0 Å². The number of hydrogen-bond donors (Lipinski definition) is 3. The van der Waals surface area contributed by atoms with Crippen LogP contribution < -0.4 is 10.2 Å². The van der Waals surface area contributed by atoms with Crippen LogP contribution in [0.4, 0.5) is 14.9 Å². The number of nitrogens with zero attached hydrogens (tertiary/aromatic N) is 1. The van der Waals surface area contributed by atoms with Gasteiger partial charge in [0, 0.05) is 12.2 Å². The third-order valence-corrected chi connectivity index (χ3v) is 2.41. The molecule has 0 aliphatic carbocycles. The molecule has 0 bridgehead atoms. The van der Waals surface area contributed by atoms with Crippen molar-refractivity contribution in [1.82, 2.24) is 5.32 Å². The number of anilines is 1. The van der Waals surface area contributed by atoms with Gasteiger partial charge in [0.25, 0.3) is 0 Å². The van der Waals surface area contributed by atoms with E-state index in [1.807, 2.05) is 0 Å². The van der Waals surface area contributed by atoms with Gasteiger partial charge in [-0.3, -0.25) is 4.90 Å². The quantitative estimate of drug-likeness (QED) is 0.738. The smallest absolute Gasteiger partial charge is 0.334 e. The molecular weight excluding hydrogens is 255 g/mol. The van der Waals surface area contributed by atoms with Gasteiger partial charge in [0.1, 0.15) is 5.82 Å². The Hall–Kier alpha value is -2.15. The highest BCUT2D eigenvalue weighted by molar-refractivity contribution is 5.92. The van der Waals surface area contributed by atoms with Crippen molar-refractivity contribution in [3.63, 3.8) is 0 Å². The maximum atomic E-state index is 13.1. The average molecular weight is 270 g/mol. The highest BCUT2D eigenvalue weighted by Crippen LogP contribution is 2.15. The summed E-state index contributed by atoms with van der Waals surface area (Å²) in [5, 5.41) is 19.8. The Kier molecular flexibility index (Phi) is 5.25. The second-order valence-corrected chi connectivity index (χ2v) is 3.76. The lowest BCUT2D eigenvalue weighted by Gasteiger charge is -2.22. The van der Waals surface area contributed by atoms with Gasteiger partial charge in [-0.1, -0.05) is 6.07 Å². The zero-order valence-electron chi connectivity index (χ0n) is 10.3. The maximum Gasteiger partial charge on any atom is 0.334 e. The number of halogens is 1. The van der Waals surface area contributed by atoms with E-state index in [1.54, 1.807) is 13.0 Å². The summed E-state index contributed by atoms with van der Waals surface area (Å²) >= 11 is 0. The van der Waals surface area contributed by atoms with Crippen molar-refractivity contribution >= 4 is 17.7 Å². The van der Waals surface area contributed by atoms with Crippen LogP contribution in [0, 0.1) is 5.82 Å². The molecule has 1 rings (SSSR count). The summed E-state index contributed by atoms with van der Waals surface area (Å²) in [4.78, 5) is 23.4. The standard InChI is InChI=1S/C12H15FN2O4/c1-2-15(9-5-3-4-8(13)6-9)12(19)14-7-10(16)11(17)18/h3-6,10,16H,2,7H2,1H3,(H,14,19)(H,17,18). The van der Waals surface area contributed by atoms with Crippen molar-refractivity contribution in [1.29, 1.82) is 0 Å². The Balaban J connectivity index is 2.70. The highest BCUT2D eigenvalue weighted by atomic mass is 19.1. The number of carbonyl (C=O) groups is 2. The summed E-state index contributed by atoms with van der Waals surface area (Å²) in [7, 11) is 0. The minimum Gasteiger partial charge on any atom is -0.479 e. The number of carbonyl (C=O) groups excluding carboxylic acids is 1. The first-order chi connectivity index (χ1) is 8.95. The van der Waals surface area contributed by atoms with Crippen LogP contribution in [0.5, 0.6) is 0 Å². The van der Waals surface area contributed by atoms with Gasteiger partial charge in [0.05, 0.1) is 6.54 Å². The number of nitrogens with one attached hydrogen (secondary N) is 1. The Morgan fingerprint density at radius 1 is 1.47 bits per heavy atom. The van der Waals surface area contributed by atoms with Gasteiger partial charge in [0.15, 0.2) is 6.10 Å². The molecule has 0 aromatic heterocycles. The molecule has 0 heterocycles. The Morgan fingerprint density at radius 3 is 2.68 bits per heavy atom. The van der Waals surface area contributed by atoms with Crippen molar-refractivity contribution in [3.8, 4) is 0 Å². The van der Waals surface area contributed by atoms with Gasteiger partial charge in [-0.2, -0.15) is 0 Å². The maximum absolute atomic E-state index is 13.1. The van der Waals surface area contributed by atoms with Gasteiger partial charge < -0.3 is 15.5 Å². The summed E-state index contributed by atoms with van der Waals surface area (Å²) in [6, 6.07) is 4.86. The van der Waals surface area contributed by atoms with Crippen LogP contribution in [-0.4, -0.2) is 41.4 Å². The number of carboxylic acids is 1. The normalized spacial score (nSPS) is 11.7. The number of aliphatic hydroxyl groups is 1. The van der Waals surface area contributed by atoms with Crippen molar-refractivity contribution < 1.29 is 24.2 Å². The molecule has 1 aromatic rings. The van der Waals surface area contributed by atoms with E-state index in [1.165, 1.54) is 23.1 Å². The van der Waals surface area contributed by atoms with E-state index in [9.17, 15) is 14.0 Å². The third kappa shape index (κ3) is 4.22. The molecule has 0 aliphatic heterocycles. The molecule has 0 saturated carbocycles. The molecule has 1 aromatic carbocycles. The van der Waals surface area contributed by atoms with E-state index in [4.69, 9.17) is 10.2 Å². The number of urea groups is 1. The molecule has 1 unspecified atom stereocenters. The second-order valence-electron chi connectivity index (χ2n) is 3.76. The molecule has 2 amide bonds. The number of aliphatic carboxylic acids is 1. The predicted octanol–water partition coefficient (Wildman–Crippen LogP) is 0.807. The third-order valence-electron chi connectivity index (χ3n) is 2.41. The number of aliphatic hydroxyl groups excluding tert-OH is 1. The van der Waals surface area contributed by atoms with Crippen LogP contribution in [-0.2, 0) is 4.79 Å². The molecule has 7 heteroatoms. The first-order valence-electron chi connectivity index (χ1n) is 5.67. The van der Waals surface area contributed by atoms with Gasteiger partial charge in [-0.05, 0) is 25.1 Å². The van der Waals surface area contributed by atoms with Crippen molar-refractivity contribution in [2.75, 3.05) is 18.0 Å². The van der Waals surface area contributed by atoms with Gasteiger partial charge in [-0.25, -0.2) is 14.0 Å². The monoisotopic (exact) mass is 270 g/mol. The molecule has 0 saturated heterocycles. The van der Waals surface area contributed by atoms with Crippen LogP contribution in [0.15, 0.2) is 24.3 Å². The van der Waals surface area contributed by atoms with Crippen molar-refractivity contribution in [2.24, 2.45) is 0 Å². The van der Waals surface area contributed by atoms with E-state index in [-0.39, 0.29) is 6.54 Å². The molecule has 104 valence electrons.